The van der Waals surface area contributed by atoms with Crippen LogP contribution in [-0.4, -0.2) is 56.6 Å². The normalized spacial score (nSPS) is 24.6. The molecule has 2 aliphatic rings. The number of rotatable bonds is 5. The molecule has 0 aromatic rings. The Labute approximate surface area is 107 Å². The van der Waals surface area contributed by atoms with Crippen LogP contribution in [0.4, 0.5) is 0 Å². The number of hydrogen-bond acceptors (Lipinski definition) is 4. The van der Waals surface area contributed by atoms with E-state index >= 15 is 0 Å². The van der Waals surface area contributed by atoms with Crippen molar-refractivity contribution in [3.8, 4) is 0 Å². The average Bonchev–Trinajstić information content (AvgIpc) is 3.02. The first kappa shape index (κ1) is 13.5. The highest BCUT2D eigenvalue weighted by atomic mass is 32.2. The van der Waals surface area contributed by atoms with Crippen molar-refractivity contribution in [1.82, 2.24) is 14.9 Å². The van der Waals surface area contributed by atoms with E-state index in [0.717, 1.165) is 12.8 Å². The molecule has 2 heterocycles. The van der Waals surface area contributed by atoms with Gasteiger partial charge in [0.05, 0.1) is 5.75 Å². The maximum absolute atomic E-state index is 11.9. The molecule has 0 aromatic carbocycles. The summed E-state index contributed by atoms with van der Waals surface area (Å²) in [5.41, 5.74) is 0. The Morgan fingerprint density at radius 1 is 1.39 bits per heavy atom. The van der Waals surface area contributed by atoms with Gasteiger partial charge in [0.15, 0.2) is 0 Å². The molecule has 1 amide bonds. The van der Waals surface area contributed by atoms with E-state index in [1.165, 1.54) is 4.31 Å². The fourth-order valence-electron chi connectivity index (χ4n) is 2.16. The van der Waals surface area contributed by atoms with Gasteiger partial charge in [-0.1, -0.05) is 12.2 Å². The van der Waals surface area contributed by atoms with E-state index in [-0.39, 0.29) is 24.2 Å². The fraction of sp³-hybridized carbons (Fsp3) is 0.727. The van der Waals surface area contributed by atoms with Gasteiger partial charge in [0.25, 0.3) is 0 Å². The second-order valence-corrected chi connectivity index (χ2v) is 6.62. The van der Waals surface area contributed by atoms with E-state index in [4.69, 9.17) is 0 Å². The number of carbonyl (C=O) groups excluding carboxylic acids is 1. The van der Waals surface area contributed by atoms with Gasteiger partial charge in [-0.3, -0.25) is 10.1 Å². The molecule has 0 spiro atoms. The zero-order valence-electron chi connectivity index (χ0n) is 10.3. The van der Waals surface area contributed by atoms with Gasteiger partial charge in [0, 0.05) is 26.2 Å². The highest BCUT2D eigenvalue weighted by molar-refractivity contribution is 7.89. The molecule has 0 unspecified atom stereocenters. The number of nitrogens with zero attached hydrogens (tertiary/aromatic N) is 1. The minimum atomic E-state index is -3.20. The van der Waals surface area contributed by atoms with Crippen LogP contribution in [0, 0.1) is 0 Å². The summed E-state index contributed by atoms with van der Waals surface area (Å²) in [4.78, 5) is 11.6. The molecule has 1 atom stereocenters. The van der Waals surface area contributed by atoms with E-state index < -0.39 is 10.0 Å². The highest BCUT2D eigenvalue weighted by Crippen LogP contribution is 2.12. The largest absolute Gasteiger partial charge is 0.353 e. The molecule has 6 nitrogen and oxygen atoms in total. The number of carbonyl (C=O) groups is 1. The lowest BCUT2D eigenvalue weighted by Crippen LogP contribution is -2.43. The Morgan fingerprint density at radius 2 is 2.11 bits per heavy atom. The minimum absolute atomic E-state index is 0.0187. The zero-order valence-corrected chi connectivity index (χ0v) is 11.1. The number of nitrogens with one attached hydrogen (secondary N) is 2. The number of sulfonamides is 1. The van der Waals surface area contributed by atoms with Gasteiger partial charge < -0.3 is 5.32 Å². The lowest BCUT2D eigenvalue weighted by atomic mass is 10.3. The van der Waals surface area contributed by atoms with Crippen LogP contribution in [0.3, 0.4) is 0 Å². The second-order valence-electron chi connectivity index (χ2n) is 4.53. The van der Waals surface area contributed by atoms with Crippen LogP contribution in [0.2, 0.25) is 0 Å². The van der Waals surface area contributed by atoms with E-state index in [9.17, 15) is 13.2 Å². The van der Waals surface area contributed by atoms with Gasteiger partial charge >= 0.3 is 0 Å². The molecule has 7 heteroatoms. The number of hydrogen-bond donors (Lipinski definition) is 2. The summed E-state index contributed by atoms with van der Waals surface area (Å²) < 4.78 is 25.3. The van der Waals surface area contributed by atoms with Crippen LogP contribution >= 0.6 is 0 Å². The Bertz CT molecular complexity index is 427. The molecule has 2 rings (SSSR count). The van der Waals surface area contributed by atoms with Gasteiger partial charge in [0.1, 0.15) is 6.04 Å². The summed E-state index contributed by atoms with van der Waals surface area (Å²) in [5.74, 6) is -0.185. The van der Waals surface area contributed by atoms with Crippen molar-refractivity contribution in [2.75, 3.05) is 31.9 Å². The molecule has 0 aromatic heterocycles. The third-order valence-corrected chi connectivity index (χ3v) is 5.06. The van der Waals surface area contributed by atoms with Crippen LogP contribution in [0.5, 0.6) is 0 Å². The molecule has 0 radical (unpaired) electrons. The van der Waals surface area contributed by atoms with Crippen LogP contribution in [-0.2, 0) is 14.8 Å². The summed E-state index contributed by atoms with van der Waals surface area (Å²) in [6.45, 7) is 2.08. The molecular formula is C11H19N3O3S. The Morgan fingerprint density at radius 3 is 2.72 bits per heavy atom. The predicted octanol–water partition coefficient (Wildman–Crippen LogP) is -0.944. The highest BCUT2D eigenvalue weighted by Gasteiger charge is 2.25. The Hall–Kier alpha value is -0.920. The Kier molecular flexibility index (Phi) is 4.36. The minimum Gasteiger partial charge on any atom is -0.353 e. The molecule has 2 aliphatic heterocycles. The molecule has 2 N–H and O–H groups in total. The third-order valence-electron chi connectivity index (χ3n) is 3.18. The van der Waals surface area contributed by atoms with E-state index in [1.54, 1.807) is 6.08 Å². The molecule has 0 bridgehead atoms. The van der Waals surface area contributed by atoms with Crippen molar-refractivity contribution in [1.29, 1.82) is 0 Å². The topological polar surface area (TPSA) is 78.5 Å². The summed E-state index contributed by atoms with van der Waals surface area (Å²) in [6.07, 6.45) is 5.53. The quantitative estimate of drug-likeness (QED) is 0.634. The summed E-state index contributed by atoms with van der Waals surface area (Å²) >= 11 is 0. The van der Waals surface area contributed by atoms with Crippen molar-refractivity contribution < 1.29 is 13.2 Å². The molecule has 1 fully saturated rings. The van der Waals surface area contributed by atoms with Crippen molar-refractivity contribution in [2.24, 2.45) is 0 Å². The Balaban J connectivity index is 1.74. The molecule has 0 aliphatic carbocycles. The fourth-order valence-corrected chi connectivity index (χ4v) is 3.59. The van der Waals surface area contributed by atoms with Crippen LogP contribution < -0.4 is 10.6 Å². The van der Waals surface area contributed by atoms with Crippen molar-refractivity contribution >= 4 is 15.9 Å². The van der Waals surface area contributed by atoms with Gasteiger partial charge in [0.2, 0.25) is 15.9 Å². The standard InChI is InChI=1S/C11H19N3O3S/c15-11(10-4-3-5-12-10)13-6-9-18(16,17)14-7-1-2-8-14/h3-4,10,12H,1-2,5-9H2,(H,13,15)/t10-/m1/s1. The molecule has 0 saturated carbocycles. The van der Waals surface area contributed by atoms with Crippen LogP contribution in [0.25, 0.3) is 0 Å². The SMILES string of the molecule is O=C(NCCS(=O)(=O)N1CCCC1)[C@H]1C=CCN1. The first-order chi connectivity index (χ1) is 8.59. The van der Waals surface area contributed by atoms with E-state index in [1.807, 2.05) is 6.08 Å². The number of amides is 1. The summed E-state index contributed by atoms with van der Waals surface area (Å²) in [7, 11) is -3.20. The zero-order chi connectivity index (χ0) is 13.0. The van der Waals surface area contributed by atoms with Crippen molar-refractivity contribution in [3.05, 3.63) is 12.2 Å². The lowest BCUT2D eigenvalue weighted by Gasteiger charge is -2.16. The summed E-state index contributed by atoms with van der Waals surface area (Å²) in [5, 5.41) is 5.62. The van der Waals surface area contributed by atoms with Crippen LogP contribution in [0.15, 0.2) is 12.2 Å². The van der Waals surface area contributed by atoms with Gasteiger partial charge in [-0.15, -0.1) is 0 Å². The van der Waals surface area contributed by atoms with Crippen LogP contribution in [0.1, 0.15) is 12.8 Å². The average molecular weight is 273 g/mol. The molecule has 1 saturated heterocycles. The lowest BCUT2D eigenvalue weighted by molar-refractivity contribution is -0.121. The smallest absolute Gasteiger partial charge is 0.241 e. The summed E-state index contributed by atoms with van der Waals surface area (Å²) in [6, 6.07) is -0.320. The monoisotopic (exact) mass is 273 g/mol. The third kappa shape index (κ3) is 3.30. The van der Waals surface area contributed by atoms with Gasteiger partial charge in [-0.25, -0.2) is 12.7 Å². The molecule has 18 heavy (non-hydrogen) atoms. The van der Waals surface area contributed by atoms with E-state index in [2.05, 4.69) is 10.6 Å². The van der Waals surface area contributed by atoms with Gasteiger partial charge in [-0.2, -0.15) is 0 Å². The van der Waals surface area contributed by atoms with Gasteiger partial charge in [-0.05, 0) is 12.8 Å². The predicted molar refractivity (Wildman–Crippen MR) is 68.5 cm³/mol. The first-order valence-electron chi connectivity index (χ1n) is 6.25. The maximum atomic E-state index is 11.9. The van der Waals surface area contributed by atoms with Crippen molar-refractivity contribution in [2.45, 2.75) is 18.9 Å². The maximum Gasteiger partial charge on any atom is 0.241 e. The molecule has 102 valence electrons. The molecular weight excluding hydrogens is 254 g/mol. The van der Waals surface area contributed by atoms with Crippen molar-refractivity contribution in [3.63, 3.8) is 0 Å². The van der Waals surface area contributed by atoms with E-state index in [0.29, 0.717) is 19.6 Å². The second kappa shape index (κ2) is 5.81. The first-order valence-corrected chi connectivity index (χ1v) is 7.86.